The fourth-order valence-electron chi connectivity index (χ4n) is 3.26. The molecule has 0 saturated carbocycles. The molecule has 0 unspecified atom stereocenters. The van der Waals surface area contributed by atoms with Gasteiger partial charge in [-0.25, -0.2) is 0 Å². The maximum absolute atomic E-state index is 12.8. The Labute approximate surface area is 170 Å². The molecule has 0 N–H and O–H groups in total. The molecule has 0 aliphatic carbocycles. The zero-order valence-corrected chi connectivity index (χ0v) is 16.8. The number of nitrogens with zero attached hydrogens (tertiary/aromatic N) is 3. The molecule has 0 radical (unpaired) electrons. The molecule has 2 aromatic carbocycles. The van der Waals surface area contributed by atoms with Crippen LogP contribution >= 0.6 is 27.5 Å². The predicted octanol–water partition coefficient (Wildman–Crippen LogP) is 5.17. The van der Waals surface area contributed by atoms with E-state index in [2.05, 4.69) is 26.1 Å². The molecule has 138 valence electrons. The van der Waals surface area contributed by atoms with Crippen LogP contribution < -0.4 is 0 Å². The monoisotopic (exact) mass is 445 g/mol. The Bertz CT molecular complexity index is 941. The summed E-state index contributed by atoms with van der Waals surface area (Å²) in [6.07, 6.45) is 1.83. The highest BCUT2D eigenvalue weighted by atomic mass is 79.9. The van der Waals surface area contributed by atoms with Gasteiger partial charge in [-0.05, 0) is 61.4 Å². The third-order valence-corrected chi connectivity index (χ3v) is 5.47. The van der Waals surface area contributed by atoms with Crippen molar-refractivity contribution in [2.75, 3.05) is 13.1 Å². The molecular formula is C20H17BrClN3O2. The van der Waals surface area contributed by atoms with Crippen LogP contribution in [0.3, 0.4) is 0 Å². The molecule has 1 atom stereocenters. The number of benzene rings is 2. The Morgan fingerprint density at radius 2 is 1.89 bits per heavy atom. The lowest BCUT2D eigenvalue weighted by Gasteiger charge is -2.31. The fourth-order valence-corrected chi connectivity index (χ4v) is 3.65. The summed E-state index contributed by atoms with van der Waals surface area (Å²) < 4.78 is 6.45. The maximum atomic E-state index is 12.8. The summed E-state index contributed by atoms with van der Waals surface area (Å²) >= 11 is 9.32. The standard InChI is InChI=1S/C20H17BrClN3O2/c21-16-7-3-14(4-8-16)20(26)25-11-1-2-15(12-25)19-23-18(24-27-19)13-5-9-17(22)10-6-13/h3-10,15H,1-2,11-12H2/t15-/m0/s1. The molecule has 7 heteroatoms. The van der Waals surface area contributed by atoms with Gasteiger partial charge in [-0.3, -0.25) is 4.79 Å². The van der Waals surface area contributed by atoms with E-state index in [4.69, 9.17) is 16.1 Å². The third-order valence-electron chi connectivity index (χ3n) is 4.69. The van der Waals surface area contributed by atoms with Gasteiger partial charge in [-0.2, -0.15) is 4.98 Å². The van der Waals surface area contributed by atoms with Gasteiger partial charge in [0.2, 0.25) is 11.7 Å². The highest BCUT2D eigenvalue weighted by Gasteiger charge is 2.29. The lowest BCUT2D eigenvalue weighted by molar-refractivity contribution is 0.0695. The van der Waals surface area contributed by atoms with Crippen LogP contribution in [0.15, 0.2) is 57.5 Å². The second kappa shape index (κ2) is 7.82. The van der Waals surface area contributed by atoms with E-state index in [0.29, 0.717) is 28.8 Å². The third kappa shape index (κ3) is 4.06. The molecule has 27 heavy (non-hydrogen) atoms. The smallest absolute Gasteiger partial charge is 0.253 e. The van der Waals surface area contributed by atoms with E-state index in [1.54, 1.807) is 12.1 Å². The van der Waals surface area contributed by atoms with Gasteiger partial charge in [-0.15, -0.1) is 0 Å². The Balaban J connectivity index is 1.49. The highest BCUT2D eigenvalue weighted by molar-refractivity contribution is 9.10. The zero-order chi connectivity index (χ0) is 18.8. The highest BCUT2D eigenvalue weighted by Crippen LogP contribution is 2.29. The van der Waals surface area contributed by atoms with Gasteiger partial charge in [-0.1, -0.05) is 32.7 Å². The molecule has 1 aromatic heterocycles. The van der Waals surface area contributed by atoms with Crippen molar-refractivity contribution < 1.29 is 9.32 Å². The molecule has 1 aliphatic heterocycles. The van der Waals surface area contributed by atoms with Crippen LogP contribution in [0.1, 0.15) is 35.0 Å². The normalized spacial score (nSPS) is 17.1. The van der Waals surface area contributed by atoms with E-state index in [0.717, 1.165) is 29.4 Å². The van der Waals surface area contributed by atoms with E-state index in [9.17, 15) is 4.79 Å². The Morgan fingerprint density at radius 3 is 2.63 bits per heavy atom. The maximum Gasteiger partial charge on any atom is 0.253 e. The first-order chi connectivity index (χ1) is 13.1. The van der Waals surface area contributed by atoms with E-state index in [1.807, 2.05) is 41.3 Å². The van der Waals surface area contributed by atoms with Crippen molar-refractivity contribution in [1.82, 2.24) is 15.0 Å². The second-order valence-corrected chi connectivity index (χ2v) is 7.91. The van der Waals surface area contributed by atoms with Gasteiger partial charge >= 0.3 is 0 Å². The summed E-state index contributed by atoms with van der Waals surface area (Å²) in [6.45, 7) is 1.32. The van der Waals surface area contributed by atoms with Crippen LogP contribution in [-0.4, -0.2) is 34.0 Å². The van der Waals surface area contributed by atoms with Crippen molar-refractivity contribution in [3.05, 3.63) is 69.5 Å². The Morgan fingerprint density at radius 1 is 1.15 bits per heavy atom. The number of hydrogen-bond acceptors (Lipinski definition) is 4. The number of amides is 1. The average molecular weight is 447 g/mol. The van der Waals surface area contributed by atoms with Crippen molar-refractivity contribution in [2.45, 2.75) is 18.8 Å². The van der Waals surface area contributed by atoms with Gasteiger partial charge < -0.3 is 9.42 Å². The van der Waals surface area contributed by atoms with Crippen molar-refractivity contribution >= 4 is 33.4 Å². The van der Waals surface area contributed by atoms with Crippen LogP contribution in [0, 0.1) is 0 Å². The number of halogens is 2. The molecule has 1 aliphatic rings. The quantitative estimate of drug-likeness (QED) is 0.557. The SMILES string of the molecule is O=C(c1ccc(Br)cc1)N1CCC[C@H](c2nc(-c3ccc(Cl)cc3)no2)C1. The summed E-state index contributed by atoms with van der Waals surface area (Å²) in [7, 11) is 0. The lowest BCUT2D eigenvalue weighted by Crippen LogP contribution is -2.39. The number of carbonyl (C=O) groups excluding carboxylic acids is 1. The van der Waals surface area contributed by atoms with Crippen molar-refractivity contribution in [3.8, 4) is 11.4 Å². The van der Waals surface area contributed by atoms with E-state index in [1.165, 1.54) is 0 Å². The minimum Gasteiger partial charge on any atom is -0.339 e. The number of carbonyl (C=O) groups is 1. The molecule has 1 saturated heterocycles. The summed E-state index contributed by atoms with van der Waals surface area (Å²) in [5.41, 5.74) is 1.54. The van der Waals surface area contributed by atoms with E-state index >= 15 is 0 Å². The lowest BCUT2D eigenvalue weighted by atomic mass is 9.97. The van der Waals surface area contributed by atoms with Gasteiger partial charge in [0.25, 0.3) is 5.91 Å². The molecule has 0 spiro atoms. The number of rotatable bonds is 3. The molecular weight excluding hydrogens is 430 g/mol. The molecule has 5 nitrogen and oxygen atoms in total. The largest absolute Gasteiger partial charge is 0.339 e. The number of likely N-dealkylation sites (tertiary alicyclic amines) is 1. The summed E-state index contributed by atoms with van der Waals surface area (Å²) in [5.74, 6) is 1.20. The zero-order valence-electron chi connectivity index (χ0n) is 14.4. The van der Waals surface area contributed by atoms with Crippen molar-refractivity contribution in [2.24, 2.45) is 0 Å². The molecule has 0 bridgehead atoms. The fraction of sp³-hybridized carbons (Fsp3) is 0.250. The van der Waals surface area contributed by atoms with Crippen LogP contribution in [0.4, 0.5) is 0 Å². The summed E-state index contributed by atoms with van der Waals surface area (Å²) in [5, 5.41) is 4.75. The van der Waals surface area contributed by atoms with Crippen molar-refractivity contribution in [1.29, 1.82) is 0 Å². The van der Waals surface area contributed by atoms with Crippen LogP contribution in [0.25, 0.3) is 11.4 Å². The van der Waals surface area contributed by atoms with Gasteiger partial charge in [0, 0.05) is 33.7 Å². The van der Waals surface area contributed by atoms with Gasteiger partial charge in [0.05, 0.1) is 5.92 Å². The molecule has 2 heterocycles. The first kappa shape index (κ1) is 18.2. The van der Waals surface area contributed by atoms with Crippen LogP contribution in [0.2, 0.25) is 5.02 Å². The number of piperidine rings is 1. The minimum absolute atomic E-state index is 0.0321. The second-order valence-electron chi connectivity index (χ2n) is 6.56. The summed E-state index contributed by atoms with van der Waals surface area (Å²) in [4.78, 5) is 19.2. The number of hydrogen-bond donors (Lipinski definition) is 0. The Kier molecular flexibility index (Phi) is 5.27. The average Bonchev–Trinajstić information content (AvgIpc) is 3.19. The molecule has 1 amide bonds. The molecule has 3 aromatic rings. The topological polar surface area (TPSA) is 59.2 Å². The molecule has 1 fully saturated rings. The summed E-state index contributed by atoms with van der Waals surface area (Å²) in [6, 6.07) is 14.7. The van der Waals surface area contributed by atoms with Gasteiger partial charge in [0.15, 0.2) is 0 Å². The van der Waals surface area contributed by atoms with E-state index in [-0.39, 0.29) is 11.8 Å². The first-order valence-electron chi connectivity index (χ1n) is 8.74. The predicted molar refractivity (Wildman–Crippen MR) is 107 cm³/mol. The number of aromatic nitrogens is 2. The minimum atomic E-state index is 0.0321. The molecule has 4 rings (SSSR count). The van der Waals surface area contributed by atoms with E-state index < -0.39 is 0 Å². The van der Waals surface area contributed by atoms with Crippen LogP contribution in [0.5, 0.6) is 0 Å². The van der Waals surface area contributed by atoms with Crippen LogP contribution in [-0.2, 0) is 0 Å². The first-order valence-corrected chi connectivity index (χ1v) is 9.91. The van der Waals surface area contributed by atoms with Crippen molar-refractivity contribution in [3.63, 3.8) is 0 Å². The Hall–Kier alpha value is -2.18. The van der Waals surface area contributed by atoms with Gasteiger partial charge in [0.1, 0.15) is 0 Å².